The third-order valence-electron chi connectivity index (χ3n) is 3.29. The van der Waals surface area contributed by atoms with Crippen LogP contribution in [0.4, 0.5) is 5.69 Å². The molecule has 5 heteroatoms. The number of nitrogens with one attached hydrogen (secondary N) is 1. The van der Waals surface area contributed by atoms with Crippen molar-refractivity contribution in [1.82, 2.24) is 4.98 Å². The van der Waals surface area contributed by atoms with Gasteiger partial charge in [0.2, 0.25) is 0 Å². The van der Waals surface area contributed by atoms with E-state index in [1.54, 1.807) is 6.20 Å². The van der Waals surface area contributed by atoms with E-state index >= 15 is 0 Å². The Morgan fingerprint density at radius 3 is 2.76 bits per heavy atom. The van der Waals surface area contributed by atoms with Crippen molar-refractivity contribution in [2.45, 2.75) is 26.3 Å². The largest absolute Gasteiger partial charge is 0.409 e. The van der Waals surface area contributed by atoms with Crippen LogP contribution in [0, 0.1) is 0 Å². The fourth-order valence-corrected chi connectivity index (χ4v) is 2.21. The van der Waals surface area contributed by atoms with Crippen LogP contribution >= 0.6 is 0 Å². The summed E-state index contributed by atoms with van der Waals surface area (Å²) < 4.78 is 0. The van der Waals surface area contributed by atoms with E-state index in [1.807, 2.05) is 24.3 Å². The minimum atomic E-state index is 0.0181. The maximum absolute atomic E-state index is 8.82. The second-order valence-electron chi connectivity index (χ2n) is 5.09. The molecule has 2 rings (SSSR count). The number of hydrogen-bond donors (Lipinski definition) is 3. The summed E-state index contributed by atoms with van der Waals surface area (Å²) in [4.78, 5) is 4.16. The molecule has 0 aliphatic heterocycles. The number of aromatic nitrogens is 1. The van der Waals surface area contributed by atoms with Crippen molar-refractivity contribution in [2.24, 2.45) is 10.9 Å². The molecule has 1 aromatic carbocycles. The molecule has 0 aliphatic rings. The zero-order valence-corrected chi connectivity index (χ0v) is 12.2. The van der Waals surface area contributed by atoms with Crippen molar-refractivity contribution in [1.29, 1.82) is 0 Å². The van der Waals surface area contributed by atoms with E-state index in [2.05, 4.69) is 41.4 Å². The molecule has 0 spiro atoms. The number of benzene rings is 1. The highest BCUT2D eigenvalue weighted by Crippen LogP contribution is 2.24. The second kappa shape index (κ2) is 6.74. The van der Waals surface area contributed by atoms with Crippen molar-refractivity contribution < 1.29 is 5.21 Å². The predicted molar refractivity (Wildman–Crippen MR) is 84.6 cm³/mol. The highest BCUT2D eigenvalue weighted by Gasteiger charge is 2.10. The Hall–Kier alpha value is -2.56. The van der Waals surface area contributed by atoms with Gasteiger partial charge in [0, 0.05) is 24.0 Å². The standard InChI is InChI=1S/C16H20N4O/c1-11(2)13-7-3-4-8-14(13)19-10-12-6-5-9-18-15(12)16(17)20-21/h3-9,11,19,21H,10H2,1-2H3,(H2,17,20). The Labute approximate surface area is 124 Å². The number of amidine groups is 1. The fraction of sp³-hybridized carbons (Fsp3) is 0.250. The van der Waals surface area contributed by atoms with Crippen LogP contribution in [0.15, 0.2) is 47.8 Å². The normalized spacial score (nSPS) is 11.7. The summed E-state index contributed by atoms with van der Waals surface area (Å²) >= 11 is 0. The Balaban J connectivity index is 2.22. The number of nitrogens with two attached hydrogens (primary N) is 1. The van der Waals surface area contributed by atoms with Gasteiger partial charge in [0.05, 0.1) is 0 Å². The molecule has 21 heavy (non-hydrogen) atoms. The molecule has 5 nitrogen and oxygen atoms in total. The molecule has 2 aromatic rings. The maximum Gasteiger partial charge on any atom is 0.189 e. The molecule has 0 fully saturated rings. The molecular formula is C16H20N4O. The number of pyridine rings is 1. The van der Waals surface area contributed by atoms with Gasteiger partial charge in [0.15, 0.2) is 5.84 Å². The second-order valence-corrected chi connectivity index (χ2v) is 5.09. The molecule has 1 aromatic heterocycles. The van der Waals surface area contributed by atoms with Gasteiger partial charge in [-0.1, -0.05) is 43.3 Å². The first-order chi connectivity index (χ1) is 10.1. The first-order valence-electron chi connectivity index (χ1n) is 6.88. The molecule has 1 heterocycles. The van der Waals surface area contributed by atoms with E-state index in [9.17, 15) is 0 Å². The number of nitrogens with zero attached hydrogens (tertiary/aromatic N) is 2. The minimum absolute atomic E-state index is 0.0181. The summed E-state index contributed by atoms with van der Waals surface area (Å²) in [5.41, 5.74) is 9.37. The molecule has 0 unspecified atom stereocenters. The topological polar surface area (TPSA) is 83.5 Å². The number of hydrogen-bond acceptors (Lipinski definition) is 4. The zero-order valence-electron chi connectivity index (χ0n) is 12.2. The summed E-state index contributed by atoms with van der Waals surface area (Å²) in [5.74, 6) is 0.454. The van der Waals surface area contributed by atoms with Gasteiger partial charge >= 0.3 is 0 Å². The quantitative estimate of drug-likeness (QED) is 0.341. The fourth-order valence-electron chi connectivity index (χ4n) is 2.21. The number of para-hydroxylation sites is 1. The smallest absolute Gasteiger partial charge is 0.189 e. The Kier molecular flexibility index (Phi) is 4.77. The first-order valence-corrected chi connectivity index (χ1v) is 6.88. The summed E-state index contributed by atoms with van der Waals surface area (Å²) in [6.45, 7) is 4.88. The number of rotatable bonds is 5. The molecule has 4 N–H and O–H groups in total. The van der Waals surface area contributed by atoms with Crippen LogP contribution in [0.3, 0.4) is 0 Å². The van der Waals surface area contributed by atoms with Gasteiger partial charge in [-0.2, -0.15) is 0 Å². The minimum Gasteiger partial charge on any atom is -0.409 e. The van der Waals surface area contributed by atoms with Gasteiger partial charge in [0.1, 0.15) is 5.69 Å². The lowest BCUT2D eigenvalue weighted by atomic mass is 10.0. The van der Waals surface area contributed by atoms with Crippen LogP contribution in [0.5, 0.6) is 0 Å². The van der Waals surface area contributed by atoms with Gasteiger partial charge in [-0.3, -0.25) is 4.98 Å². The van der Waals surface area contributed by atoms with Gasteiger partial charge in [0.25, 0.3) is 0 Å². The van der Waals surface area contributed by atoms with Gasteiger partial charge in [-0.05, 0) is 23.6 Å². The van der Waals surface area contributed by atoms with E-state index in [0.29, 0.717) is 18.2 Å². The Bertz CT molecular complexity index is 638. The number of oxime groups is 1. The van der Waals surface area contributed by atoms with Crippen LogP contribution in [0.1, 0.15) is 36.6 Å². The van der Waals surface area contributed by atoms with Crippen molar-refractivity contribution in [3.8, 4) is 0 Å². The average molecular weight is 284 g/mol. The van der Waals surface area contributed by atoms with E-state index in [0.717, 1.165) is 11.3 Å². The third kappa shape index (κ3) is 3.51. The van der Waals surface area contributed by atoms with Crippen molar-refractivity contribution >= 4 is 11.5 Å². The van der Waals surface area contributed by atoms with Gasteiger partial charge in [-0.15, -0.1) is 0 Å². The third-order valence-corrected chi connectivity index (χ3v) is 3.29. The maximum atomic E-state index is 8.82. The summed E-state index contributed by atoms with van der Waals surface area (Å²) in [6.07, 6.45) is 1.62. The Morgan fingerprint density at radius 2 is 2.05 bits per heavy atom. The van der Waals surface area contributed by atoms with Crippen molar-refractivity contribution in [3.63, 3.8) is 0 Å². The van der Waals surface area contributed by atoms with Gasteiger partial charge in [-0.25, -0.2) is 0 Å². The molecule has 0 aliphatic carbocycles. The average Bonchev–Trinajstić information content (AvgIpc) is 2.52. The summed E-state index contributed by atoms with van der Waals surface area (Å²) in [7, 11) is 0. The highest BCUT2D eigenvalue weighted by atomic mass is 16.4. The molecule has 0 bridgehead atoms. The first kappa shape index (κ1) is 14.8. The molecule has 0 atom stereocenters. The lowest BCUT2D eigenvalue weighted by molar-refractivity contribution is 0.318. The van der Waals surface area contributed by atoms with Crippen LogP contribution in [0.2, 0.25) is 0 Å². The Morgan fingerprint density at radius 1 is 1.29 bits per heavy atom. The van der Waals surface area contributed by atoms with Crippen molar-refractivity contribution in [3.05, 3.63) is 59.4 Å². The van der Waals surface area contributed by atoms with Crippen LogP contribution in [0.25, 0.3) is 0 Å². The molecule has 0 radical (unpaired) electrons. The van der Waals surface area contributed by atoms with Crippen LogP contribution in [-0.2, 0) is 6.54 Å². The van der Waals surface area contributed by atoms with E-state index in [1.165, 1.54) is 5.56 Å². The molecule has 110 valence electrons. The molecule has 0 amide bonds. The lowest BCUT2D eigenvalue weighted by Gasteiger charge is -2.15. The SMILES string of the molecule is CC(C)c1ccccc1NCc1cccnc1C(N)=NO. The van der Waals surface area contributed by atoms with Gasteiger partial charge < -0.3 is 16.3 Å². The zero-order chi connectivity index (χ0) is 15.2. The van der Waals surface area contributed by atoms with E-state index < -0.39 is 0 Å². The molecule has 0 saturated carbocycles. The summed E-state index contributed by atoms with van der Waals surface area (Å²) in [5, 5.41) is 15.2. The highest BCUT2D eigenvalue weighted by molar-refractivity contribution is 5.96. The van der Waals surface area contributed by atoms with E-state index in [-0.39, 0.29) is 5.84 Å². The predicted octanol–water partition coefficient (Wildman–Crippen LogP) is 2.91. The van der Waals surface area contributed by atoms with Crippen molar-refractivity contribution in [2.75, 3.05) is 5.32 Å². The monoisotopic (exact) mass is 284 g/mol. The molecular weight excluding hydrogens is 264 g/mol. The summed E-state index contributed by atoms with van der Waals surface area (Å²) in [6, 6.07) is 11.9. The number of anilines is 1. The van der Waals surface area contributed by atoms with E-state index in [4.69, 9.17) is 10.9 Å². The molecule has 0 saturated heterocycles. The lowest BCUT2D eigenvalue weighted by Crippen LogP contribution is -2.18. The van der Waals surface area contributed by atoms with Crippen LogP contribution < -0.4 is 11.1 Å². The van der Waals surface area contributed by atoms with Crippen LogP contribution in [-0.4, -0.2) is 16.0 Å².